The van der Waals surface area contributed by atoms with E-state index in [1.165, 1.54) is 84.0 Å². The third-order valence-corrected chi connectivity index (χ3v) is 15.9. The summed E-state index contributed by atoms with van der Waals surface area (Å²) in [6, 6.07) is 125. The number of benzene rings is 12. The Balaban J connectivity index is 0.000000117. The first-order valence-electron chi connectivity index (χ1n) is 34.6. The molecule has 0 saturated carbocycles. The number of para-hydroxylation sites is 10. The van der Waals surface area contributed by atoms with Gasteiger partial charge in [0.25, 0.3) is 0 Å². The van der Waals surface area contributed by atoms with E-state index in [0.29, 0.717) is 0 Å². The first-order chi connectivity index (χ1) is 52.5. The second-order valence-corrected chi connectivity index (χ2v) is 23.5. The molecule has 9 heterocycles. The Hall–Kier alpha value is -14.3. The van der Waals surface area contributed by atoms with E-state index in [9.17, 15) is 0 Å². The van der Waals surface area contributed by atoms with Gasteiger partial charge in [0, 0.05) is 91.0 Å². The minimum absolute atomic E-state index is 0.962. The highest BCUT2D eigenvalue weighted by atomic mass is 16.3. The van der Waals surface area contributed by atoms with Crippen LogP contribution in [0.2, 0.25) is 0 Å². The molecule has 0 bridgehead atoms. The molecular formula is C95H77N9O2. The molecule has 0 amide bonds. The monoisotopic (exact) mass is 1380 g/mol. The van der Waals surface area contributed by atoms with Crippen LogP contribution in [0.25, 0.3) is 109 Å². The third-order valence-electron chi connectivity index (χ3n) is 15.9. The van der Waals surface area contributed by atoms with Gasteiger partial charge in [-0.3, -0.25) is 29.9 Å². The van der Waals surface area contributed by atoms with Gasteiger partial charge in [-0.15, -0.1) is 0 Å². The Morgan fingerprint density at radius 2 is 0.340 bits per heavy atom. The van der Waals surface area contributed by atoms with E-state index in [2.05, 4.69) is 180 Å². The summed E-state index contributed by atoms with van der Waals surface area (Å²) in [7, 11) is 0. The van der Waals surface area contributed by atoms with Crippen molar-refractivity contribution in [2.24, 2.45) is 0 Å². The molecule has 0 aliphatic rings. The van der Waals surface area contributed by atoms with Gasteiger partial charge in [-0.05, 0) is 111 Å². The minimum atomic E-state index is 0.962. The Bertz CT molecular complexity index is 4850. The Kier molecular flexibility index (Phi) is 28.1. The molecule has 9 aromatic heterocycles. The molecule has 0 radical (unpaired) electrons. The van der Waals surface area contributed by atoms with Crippen molar-refractivity contribution in [3.8, 4) is 0 Å². The first kappa shape index (κ1) is 72.9. The van der Waals surface area contributed by atoms with Gasteiger partial charge in [-0.25, -0.2) is 15.0 Å². The first-order valence-corrected chi connectivity index (χ1v) is 34.6. The third kappa shape index (κ3) is 22.9. The minimum Gasteiger partial charge on any atom is -0.456 e. The van der Waals surface area contributed by atoms with Gasteiger partial charge in [0.05, 0.1) is 33.1 Å². The number of pyridine rings is 6. The number of rotatable bonds is 0. The molecule has 0 saturated heterocycles. The summed E-state index contributed by atoms with van der Waals surface area (Å²) in [5.41, 5.74) is 12.9. The number of furan rings is 2. The van der Waals surface area contributed by atoms with Gasteiger partial charge in [-0.1, -0.05) is 290 Å². The topological polar surface area (TPSA) is 142 Å². The molecule has 0 aliphatic heterocycles. The maximum atomic E-state index is 5.65. The fourth-order valence-electron chi connectivity index (χ4n) is 10.7. The van der Waals surface area contributed by atoms with E-state index in [1.54, 1.807) is 0 Å². The largest absolute Gasteiger partial charge is 0.456 e. The standard InChI is InChI=1S/2C12H8O.6C9H7N.2C7H8.C3H3N3/c2*1-3-7-11-9(5-1)10-6-2-4-8-12(10)13-11;6*1-2-6-9-8(4-1)5-3-7-10-9;2*1-7-5-3-2-4-6-7;1-4-2-6-3-5-1/h2*1-8H;6*1-7H;2*2-6H,1H3;1-3H. The van der Waals surface area contributed by atoms with Gasteiger partial charge in [-0.2, -0.15) is 0 Å². The van der Waals surface area contributed by atoms with Crippen LogP contribution in [0.5, 0.6) is 0 Å². The second kappa shape index (κ2) is 40.8. The number of aromatic nitrogens is 9. The predicted octanol–water partition coefficient (Wildman–Crippen LogP) is 24.4. The van der Waals surface area contributed by atoms with Crippen molar-refractivity contribution in [1.29, 1.82) is 0 Å². The van der Waals surface area contributed by atoms with Crippen molar-refractivity contribution >= 4 is 109 Å². The summed E-state index contributed by atoms with van der Waals surface area (Å²) >= 11 is 0. The van der Waals surface area contributed by atoms with Crippen LogP contribution in [0.1, 0.15) is 11.1 Å². The summed E-state index contributed by atoms with van der Waals surface area (Å²) in [5.74, 6) is 0. The maximum absolute atomic E-state index is 5.65. The van der Waals surface area contributed by atoms with Crippen LogP contribution in [0.3, 0.4) is 0 Å². The predicted molar refractivity (Wildman–Crippen MR) is 440 cm³/mol. The zero-order valence-electron chi connectivity index (χ0n) is 58.8. The van der Waals surface area contributed by atoms with Crippen LogP contribution < -0.4 is 0 Å². The molecule has 0 aliphatic carbocycles. The van der Waals surface area contributed by atoms with Crippen molar-refractivity contribution < 1.29 is 8.83 Å². The molecule has 0 atom stereocenters. The molecule has 106 heavy (non-hydrogen) atoms. The SMILES string of the molecule is Cc1ccccc1.Cc1ccccc1.c1ccc2c(c1)oc1ccccc12.c1ccc2c(c1)oc1ccccc12.c1ccc2ncccc2c1.c1ccc2ncccc2c1.c1ccc2ncccc2c1.c1ccc2ncccc2c1.c1ccc2ncccc2c1.c1ccc2ncccc2c1.c1ncncn1. The van der Waals surface area contributed by atoms with Crippen LogP contribution in [0, 0.1) is 13.8 Å². The Morgan fingerprint density at radius 1 is 0.170 bits per heavy atom. The second-order valence-electron chi connectivity index (χ2n) is 23.5. The molecule has 21 aromatic rings. The lowest BCUT2D eigenvalue weighted by Gasteiger charge is -1.91. The van der Waals surface area contributed by atoms with Crippen molar-refractivity contribution in [3.05, 3.63) is 443 Å². The lowest BCUT2D eigenvalue weighted by Crippen LogP contribution is -1.73. The Morgan fingerprint density at radius 3 is 0.519 bits per heavy atom. The molecule has 11 heteroatoms. The highest BCUT2D eigenvalue weighted by molar-refractivity contribution is 6.05. The molecule has 0 spiro atoms. The average molecular weight is 1380 g/mol. The fourth-order valence-corrected chi connectivity index (χ4v) is 10.7. The van der Waals surface area contributed by atoms with Gasteiger partial charge in [0.1, 0.15) is 41.3 Å². The van der Waals surface area contributed by atoms with Crippen LogP contribution in [-0.2, 0) is 0 Å². The number of aryl methyl sites for hydroxylation is 2. The normalized spacial score (nSPS) is 9.98. The van der Waals surface area contributed by atoms with E-state index in [-0.39, 0.29) is 0 Å². The van der Waals surface area contributed by atoms with E-state index >= 15 is 0 Å². The molecule has 12 aromatic carbocycles. The molecule has 0 unspecified atom stereocenters. The van der Waals surface area contributed by atoms with Gasteiger partial charge >= 0.3 is 0 Å². The van der Waals surface area contributed by atoms with E-state index in [4.69, 9.17) is 8.83 Å². The van der Waals surface area contributed by atoms with Crippen molar-refractivity contribution in [3.63, 3.8) is 0 Å². The van der Waals surface area contributed by atoms with Crippen LogP contribution in [-0.4, -0.2) is 44.9 Å². The number of fused-ring (bicyclic) bond motifs is 12. The van der Waals surface area contributed by atoms with Crippen LogP contribution in [0.4, 0.5) is 0 Å². The van der Waals surface area contributed by atoms with Crippen LogP contribution >= 0.6 is 0 Å². The lowest BCUT2D eigenvalue weighted by molar-refractivity contribution is 0.668. The average Bonchev–Trinajstić information content (AvgIpc) is 1.65. The molecule has 514 valence electrons. The summed E-state index contributed by atoms with van der Waals surface area (Å²) in [6.07, 6.45) is 15.2. The van der Waals surface area contributed by atoms with Crippen molar-refractivity contribution in [1.82, 2.24) is 44.9 Å². The summed E-state index contributed by atoms with van der Waals surface area (Å²) in [4.78, 5) is 35.8. The van der Waals surface area contributed by atoms with Crippen LogP contribution in [0.15, 0.2) is 441 Å². The fraction of sp³-hybridized carbons (Fsp3) is 0.0211. The van der Waals surface area contributed by atoms with E-state index in [0.717, 1.165) is 55.4 Å². The lowest BCUT2D eigenvalue weighted by atomic mass is 10.2. The molecular weight excluding hydrogens is 1300 g/mol. The highest BCUT2D eigenvalue weighted by Gasteiger charge is 2.05. The zero-order chi connectivity index (χ0) is 72.7. The summed E-state index contributed by atoms with van der Waals surface area (Å²) in [5, 5.41) is 12.0. The number of hydrogen-bond donors (Lipinski definition) is 0. The van der Waals surface area contributed by atoms with Crippen molar-refractivity contribution in [2.45, 2.75) is 13.8 Å². The summed E-state index contributed by atoms with van der Waals surface area (Å²) < 4.78 is 11.3. The van der Waals surface area contributed by atoms with Gasteiger partial charge in [0.2, 0.25) is 0 Å². The summed E-state index contributed by atoms with van der Waals surface area (Å²) in [6.45, 7) is 4.17. The molecule has 21 rings (SSSR count). The number of hydrogen-bond acceptors (Lipinski definition) is 11. The van der Waals surface area contributed by atoms with E-state index in [1.807, 2.05) is 292 Å². The molecule has 0 fully saturated rings. The Labute approximate surface area is 616 Å². The molecule has 0 N–H and O–H groups in total. The quantitative estimate of drug-likeness (QED) is 0.143. The van der Waals surface area contributed by atoms with Gasteiger partial charge < -0.3 is 8.83 Å². The van der Waals surface area contributed by atoms with Gasteiger partial charge in [0.15, 0.2) is 0 Å². The maximum Gasteiger partial charge on any atom is 0.135 e. The van der Waals surface area contributed by atoms with E-state index < -0.39 is 0 Å². The van der Waals surface area contributed by atoms with Crippen molar-refractivity contribution in [2.75, 3.05) is 0 Å². The number of nitrogens with zero attached hydrogens (tertiary/aromatic N) is 9. The highest BCUT2D eigenvalue weighted by Crippen LogP contribution is 2.29. The smallest absolute Gasteiger partial charge is 0.135 e. The molecule has 11 nitrogen and oxygen atoms in total. The zero-order valence-corrected chi connectivity index (χ0v) is 58.8.